The molecular formula is C5H3F3NS. The molecule has 0 aliphatic rings. The molecule has 1 rings (SSSR count). The number of hydrogen-bond donors (Lipinski definition) is 0. The number of hydrogen-bond acceptors (Lipinski definition) is 2. The Labute approximate surface area is 59.5 Å². The van der Waals surface area contributed by atoms with Gasteiger partial charge in [-0.2, -0.15) is 13.2 Å². The predicted molar refractivity (Wildman–Crippen MR) is 30.7 cm³/mol. The van der Waals surface area contributed by atoms with Crippen LogP contribution < -0.4 is 0 Å². The maximum absolute atomic E-state index is 11.6. The largest absolute Gasteiger partial charge is 0.395 e. The minimum atomic E-state index is -4.15. The quantitative estimate of drug-likeness (QED) is 0.622. The first-order chi connectivity index (χ1) is 4.58. The first-order valence-corrected chi connectivity index (χ1v) is 3.33. The smallest absolute Gasteiger partial charge is 0.239 e. The van der Waals surface area contributed by atoms with Crippen LogP contribution >= 0.6 is 11.3 Å². The van der Waals surface area contributed by atoms with Gasteiger partial charge in [0.2, 0.25) is 0 Å². The number of nitrogens with zero attached hydrogens (tertiary/aromatic N) is 1. The van der Waals surface area contributed by atoms with Gasteiger partial charge in [-0.05, 0) is 0 Å². The van der Waals surface area contributed by atoms with Crippen molar-refractivity contribution in [3.8, 4) is 0 Å². The van der Waals surface area contributed by atoms with Crippen LogP contribution in [-0.4, -0.2) is 11.2 Å². The third-order valence-electron chi connectivity index (χ3n) is 0.789. The van der Waals surface area contributed by atoms with Crippen LogP contribution in [0, 0.1) is 6.20 Å². The number of alkyl halides is 3. The molecule has 1 radical (unpaired) electrons. The SMILES string of the molecule is FC(F)(F)Cc1n[c]cs1. The first-order valence-electron chi connectivity index (χ1n) is 2.45. The van der Waals surface area contributed by atoms with Gasteiger partial charge in [-0.1, -0.05) is 0 Å². The van der Waals surface area contributed by atoms with Crippen molar-refractivity contribution < 1.29 is 13.2 Å². The molecule has 0 N–H and O–H groups in total. The van der Waals surface area contributed by atoms with Gasteiger partial charge in [0, 0.05) is 5.38 Å². The van der Waals surface area contributed by atoms with Gasteiger partial charge >= 0.3 is 6.18 Å². The van der Waals surface area contributed by atoms with Gasteiger partial charge in [0.05, 0.1) is 6.42 Å². The second-order valence-electron chi connectivity index (χ2n) is 1.66. The Balaban J connectivity index is 2.57. The summed E-state index contributed by atoms with van der Waals surface area (Å²) in [6.45, 7) is 0. The highest BCUT2D eigenvalue weighted by molar-refractivity contribution is 7.09. The van der Waals surface area contributed by atoms with E-state index >= 15 is 0 Å². The first kappa shape index (κ1) is 7.53. The van der Waals surface area contributed by atoms with E-state index in [-0.39, 0.29) is 5.01 Å². The fraction of sp³-hybridized carbons (Fsp3) is 0.400. The zero-order valence-corrected chi connectivity index (χ0v) is 5.59. The molecule has 0 atom stereocenters. The molecule has 1 nitrogen and oxygen atoms in total. The van der Waals surface area contributed by atoms with Gasteiger partial charge in [-0.15, -0.1) is 11.3 Å². The minimum absolute atomic E-state index is 0.0625. The Kier molecular flexibility index (Phi) is 1.94. The van der Waals surface area contributed by atoms with Crippen LogP contribution in [0.15, 0.2) is 5.38 Å². The summed E-state index contributed by atoms with van der Waals surface area (Å²) in [5.41, 5.74) is 0. The summed E-state index contributed by atoms with van der Waals surface area (Å²) in [5, 5.41) is 1.47. The Morgan fingerprint density at radius 3 is 2.70 bits per heavy atom. The summed E-state index contributed by atoms with van der Waals surface area (Å²) in [7, 11) is 0. The molecule has 0 saturated heterocycles. The van der Waals surface area contributed by atoms with Crippen molar-refractivity contribution in [3.63, 3.8) is 0 Å². The van der Waals surface area contributed by atoms with Crippen molar-refractivity contribution in [1.29, 1.82) is 0 Å². The van der Waals surface area contributed by atoms with Crippen molar-refractivity contribution >= 4 is 11.3 Å². The van der Waals surface area contributed by atoms with Gasteiger partial charge in [-0.3, -0.25) is 0 Å². The molecule has 0 spiro atoms. The van der Waals surface area contributed by atoms with Crippen LogP contribution in [0.3, 0.4) is 0 Å². The summed E-state index contributed by atoms with van der Waals surface area (Å²) < 4.78 is 34.7. The van der Waals surface area contributed by atoms with Gasteiger partial charge in [0.25, 0.3) is 0 Å². The van der Waals surface area contributed by atoms with Crippen LogP contribution in [0.25, 0.3) is 0 Å². The molecule has 1 aromatic rings. The summed E-state index contributed by atoms with van der Waals surface area (Å²) >= 11 is 0.963. The lowest BCUT2D eigenvalue weighted by Gasteiger charge is -2.00. The monoisotopic (exact) mass is 166 g/mol. The maximum Gasteiger partial charge on any atom is 0.395 e. The molecular weight excluding hydrogens is 163 g/mol. The van der Waals surface area contributed by atoms with Crippen LogP contribution in [0.5, 0.6) is 0 Å². The van der Waals surface area contributed by atoms with Crippen molar-refractivity contribution in [2.75, 3.05) is 0 Å². The summed E-state index contributed by atoms with van der Waals surface area (Å²) in [4.78, 5) is 3.38. The molecule has 0 unspecified atom stereocenters. The normalized spacial score (nSPS) is 11.9. The lowest BCUT2D eigenvalue weighted by atomic mass is 10.4. The Hall–Kier alpha value is -0.580. The molecule has 0 amide bonds. The highest BCUT2D eigenvalue weighted by Gasteiger charge is 2.28. The second-order valence-corrected chi connectivity index (χ2v) is 2.60. The van der Waals surface area contributed by atoms with Gasteiger partial charge in [0.15, 0.2) is 0 Å². The zero-order chi connectivity index (χ0) is 7.61. The van der Waals surface area contributed by atoms with Crippen molar-refractivity contribution in [3.05, 3.63) is 16.6 Å². The number of halogens is 3. The van der Waals surface area contributed by atoms with E-state index < -0.39 is 12.6 Å². The molecule has 0 bridgehead atoms. The summed E-state index contributed by atoms with van der Waals surface area (Å²) in [6, 6.07) is 0. The van der Waals surface area contributed by atoms with Crippen LogP contribution in [0.1, 0.15) is 5.01 Å². The third-order valence-corrected chi connectivity index (χ3v) is 1.52. The minimum Gasteiger partial charge on any atom is -0.239 e. The molecule has 0 aromatic carbocycles. The number of aromatic nitrogens is 1. The highest BCUT2D eigenvalue weighted by atomic mass is 32.1. The standard InChI is InChI=1S/C5H3F3NS/c6-5(7,8)3-4-9-1-2-10-4/h2H,3H2. The van der Waals surface area contributed by atoms with E-state index in [0.717, 1.165) is 11.3 Å². The molecule has 10 heavy (non-hydrogen) atoms. The van der Waals surface area contributed by atoms with E-state index in [1.807, 2.05) is 0 Å². The fourth-order valence-electron chi connectivity index (χ4n) is 0.472. The van der Waals surface area contributed by atoms with Gasteiger partial charge < -0.3 is 0 Å². The van der Waals surface area contributed by atoms with Crippen LogP contribution in [-0.2, 0) is 6.42 Å². The van der Waals surface area contributed by atoms with Gasteiger partial charge in [0.1, 0.15) is 11.2 Å². The van der Waals surface area contributed by atoms with Crippen LogP contribution in [0.2, 0.25) is 0 Å². The topological polar surface area (TPSA) is 12.9 Å². The molecule has 1 heterocycles. The van der Waals surface area contributed by atoms with E-state index in [9.17, 15) is 13.2 Å². The second kappa shape index (κ2) is 2.57. The summed E-state index contributed by atoms with van der Waals surface area (Å²) in [6.07, 6.45) is -2.77. The van der Waals surface area contributed by atoms with E-state index in [4.69, 9.17) is 0 Å². The maximum atomic E-state index is 11.6. The lowest BCUT2D eigenvalue weighted by Crippen LogP contribution is -2.10. The Bertz CT molecular complexity index is 191. The number of thiazole rings is 1. The average molecular weight is 166 g/mol. The molecule has 5 heteroatoms. The average Bonchev–Trinajstić information content (AvgIpc) is 2.12. The van der Waals surface area contributed by atoms with Crippen molar-refractivity contribution in [1.82, 2.24) is 4.98 Å². The molecule has 55 valence electrons. The highest BCUT2D eigenvalue weighted by Crippen LogP contribution is 2.21. The van der Waals surface area contributed by atoms with E-state index in [0.29, 0.717) is 0 Å². The van der Waals surface area contributed by atoms with Crippen molar-refractivity contribution in [2.24, 2.45) is 0 Å². The number of rotatable bonds is 1. The molecule has 0 saturated carbocycles. The van der Waals surface area contributed by atoms with Gasteiger partial charge in [-0.25, -0.2) is 4.98 Å². The van der Waals surface area contributed by atoms with E-state index in [1.165, 1.54) is 5.38 Å². The summed E-state index contributed by atoms with van der Waals surface area (Å²) in [5.74, 6) is 0. The van der Waals surface area contributed by atoms with E-state index in [1.54, 1.807) is 0 Å². The predicted octanol–water partition coefficient (Wildman–Crippen LogP) is 2.05. The fourth-order valence-corrected chi connectivity index (χ4v) is 1.07. The zero-order valence-electron chi connectivity index (χ0n) is 4.77. The Morgan fingerprint density at radius 1 is 1.60 bits per heavy atom. The molecule has 0 fully saturated rings. The molecule has 0 aliphatic carbocycles. The van der Waals surface area contributed by atoms with E-state index in [2.05, 4.69) is 11.2 Å². The Morgan fingerprint density at radius 2 is 2.30 bits per heavy atom. The van der Waals surface area contributed by atoms with Crippen LogP contribution in [0.4, 0.5) is 13.2 Å². The lowest BCUT2D eigenvalue weighted by molar-refractivity contribution is -0.127. The molecule has 0 aliphatic heterocycles. The van der Waals surface area contributed by atoms with Crippen molar-refractivity contribution in [2.45, 2.75) is 12.6 Å². The molecule has 1 aromatic heterocycles. The third kappa shape index (κ3) is 2.34.